The number of piperidine rings is 1. The summed E-state index contributed by atoms with van der Waals surface area (Å²) in [6, 6.07) is 3.36. The Labute approximate surface area is 186 Å². The largest absolute Gasteiger partial charge is 0.483 e. The number of nitrogens with one attached hydrogen (secondary N) is 1. The van der Waals surface area contributed by atoms with Crippen LogP contribution in [0.25, 0.3) is 0 Å². The summed E-state index contributed by atoms with van der Waals surface area (Å²) in [6.07, 6.45) is 3.43. The van der Waals surface area contributed by atoms with Gasteiger partial charge in [0.1, 0.15) is 17.2 Å². The van der Waals surface area contributed by atoms with Gasteiger partial charge in [-0.05, 0) is 44.7 Å². The predicted molar refractivity (Wildman–Crippen MR) is 120 cm³/mol. The van der Waals surface area contributed by atoms with Crippen LogP contribution in [0.5, 0.6) is 0 Å². The van der Waals surface area contributed by atoms with Crippen molar-refractivity contribution >= 4 is 18.3 Å². The Morgan fingerprint density at radius 3 is 2.56 bits per heavy atom. The molecule has 2 aromatic heterocycles. The van der Waals surface area contributed by atoms with Crippen molar-refractivity contribution < 1.29 is 19.8 Å². The normalized spacial score (nSPS) is 19.8. The SMILES string of the molecule is Cc1ccc(C(=O)O)c(N2CCCC3(CCc4c3nc(C(C)(C)C)[nH]c4=O)C2)n1.O=CO. The summed E-state index contributed by atoms with van der Waals surface area (Å²) in [6.45, 7) is 9.14. The van der Waals surface area contributed by atoms with Crippen molar-refractivity contribution in [2.24, 2.45) is 0 Å². The highest BCUT2D eigenvalue weighted by Gasteiger charge is 2.45. The van der Waals surface area contributed by atoms with Gasteiger partial charge in [-0.1, -0.05) is 20.8 Å². The molecule has 1 unspecified atom stereocenters. The molecule has 1 aliphatic heterocycles. The summed E-state index contributed by atoms with van der Waals surface area (Å²) in [5.41, 5.74) is 2.19. The van der Waals surface area contributed by atoms with Crippen LogP contribution < -0.4 is 10.5 Å². The van der Waals surface area contributed by atoms with E-state index in [1.807, 2.05) is 27.7 Å². The molecule has 1 fully saturated rings. The van der Waals surface area contributed by atoms with E-state index in [0.29, 0.717) is 24.6 Å². The van der Waals surface area contributed by atoms with Crippen LogP contribution in [0.1, 0.15) is 73.2 Å². The van der Waals surface area contributed by atoms with Crippen LogP contribution in [0.2, 0.25) is 0 Å². The van der Waals surface area contributed by atoms with Gasteiger partial charge in [-0.25, -0.2) is 14.8 Å². The van der Waals surface area contributed by atoms with Gasteiger partial charge in [0.05, 0.1) is 5.69 Å². The number of carboxylic acid groups (broad SMARTS) is 2. The van der Waals surface area contributed by atoms with E-state index in [9.17, 15) is 14.7 Å². The highest BCUT2D eigenvalue weighted by Crippen LogP contribution is 2.44. The Morgan fingerprint density at radius 1 is 1.25 bits per heavy atom. The van der Waals surface area contributed by atoms with Gasteiger partial charge in [0.15, 0.2) is 0 Å². The number of aromatic carboxylic acids is 1. The maximum absolute atomic E-state index is 12.7. The Kier molecular flexibility index (Phi) is 6.39. The minimum absolute atomic E-state index is 0.0335. The lowest BCUT2D eigenvalue weighted by Gasteiger charge is -2.41. The van der Waals surface area contributed by atoms with Crippen LogP contribution >= 0.6 is 0 Å². The molecule has 172 valence electrons. The second-order valence-corrected chi connectivity index (χ2v) is 9.53. The van der Waals surface area contributed by atoms with Crippen LogP contribution in [0, 0.1) is 6.92 Å². The lowest BCUT2D eigenvalue weighted by molar-refractivity contribution is -0.122. The van der Waals surface area contributed by atoms with E-state index in [-0.39, 0.29) is 28.4 Å². The second-order valence-electron chi connectivity index (χ2n) is 9.53. The summed E-state index contributed by atoms with van der Waals surface area (Å²) in [4.78, 5) is 47.4. The van der Waals surface area contributed by atoms with Gasteiger partial charge in [-0.15, -0.1) is 0 Å². The van der Waals surface area contributed by atoms with E-state index in [1.165, 1.54) is 0 Å². The van der Waals surface area contributed by atoms with Crippen molar-refractivity contribution in [3.8, 4) is 0 Å². The summed E-state index contributed by atoms with van der Waals surface area (Å²) >= 11 is 0. The van der Waals surface area contributed by atoms with Crippen molar-refractivity contribution in [2.75, 3.05) is 18.0 Å². The number of nitrogens with zero attached hydrogens (tertiary/aromatic N) is 3. The van der Waals surface area contributed by atoms with Crippen LogP contribution in [-0.2, 0) is 22.0 Å². The standard InChI is InChI=1S/C22H28N4O3.CH2O2/c1-13-6-7-15(19(28)29)17(23-13)26-11-5-9-22(12-26)10-8-14-16(22)24-20(21(2,3)4)25-18(14)27;2-1-3/h6-7H,5,8-12H2,1-4H3,(H,28,29)(H,24,25,27);1H,(H,2,3). The van der Waals surface area contributed by atoms with Gasteiger partial charge in [-0.3, -0.25) is 9.59 Å². The van der Waals surface area contributed by atoms with E-state index in [1.54, 1.807) is 12.1 Å². The lowest BCUT2D eigenvalue weighted by Crippen LogP contribution is -2.47. The first-order chi connectivity index (χ1) is 15.0. The molecule has 1 atom stereocenters. The fourth-order valence-electron chi connectivity index (χ4n) is 4.67. The van der Waals surface area contributed by atoms with Gasteiger partial charge >= 0.3 is 5.97 Å². The van der Waals surface area contributed by atoms with Gasteiger partial charge in [0.2, 0.25) is 0 Å². The van der Waals surface area contributed by atoms with E-state index in [0.717, 1.165) is 42.8 Å². The number of carbonyl (C=O) groups is 2. The van der Waals surface area contributed by atoms with E-state index in [2.05, 4.69) is 14.9 Å². The van der Waals surface area contributed by atoms with Crippen molar-refractivity contribution in [3.05, 3.63) is 50.8 Å². The number of aromatic amines is 1. The Hall–Kier alpha value is -3.23. The van der Waals surface area contributed by atoms with Crippen LogP contribution in [0.3, 0.4) is 0 Å². The monoisotopic (exact) mass is 442 g/mol. The minimum atomic E-state index is -0.969. The number of fused-ring (bicyclic) bond motifs is 2. The Bertz CT molecular complexity index is 1090. The number of hydrogen-bond acceptors (Lipinski definition) is 6. The number of rotatable bonds is 2. The average molecular weight is 443 g/mol. The van der Waals surface area contributed by atoms with Crippen molar-refractivity contribution in [2.45, 2.75) is 64.2 Å². The van der Waals surface area contributed by atoms with E-state index < -0.39 is 5.97 Å². The number of hydrogen-bond donors (Lipinski definition) is 3. The number of aryl methyl sites for hydroxylation is 1. The van der Waals surface area contributed by atoms with E-state index in [4.69, 9.17) is 14.9 Å². The molecular formula is C23H30N4O5. The third kappa shape index (κ3) is 4.37. The molecule has 0 radical (unpaired) electrons. The van der Waals surface area contributed by atoms with E-state index >= 15 is 0 Å². The molecule has 2 aliphatic rings. The number of pyridine rings is 1. The fraction of sp³-hybridized carbons (Fsp3) is 0.522. The molecular weight excluding hydrogens is 412 g/mol. The Balaban J connectivity index is 0.000000913. The van der Waals surface area contributed by atoms with Crippen molar-refractivity contribution in [3.63, 3.8) is 0 Å². The summed E-state index contributed by atoms with van der Waals surface area (Å²) in [5.74, 6) is 0.258. The van der Waals surface area contributed by atoms with Gasteiger partial charge in [0, 0.05) is 35.2 Å². The molecule has 9 heteroatoms. The zero-order chi connectivity index (χ0) is 23.7. The maximum atomic E-state index is 12.7. The average Bonchev–Trinajstić information content (AvgIpc) is 3.06. The number of anilines is 1. The smallest absolute Gasteiger partial charge is 0.339 e. The molecule has 3 heterocycles. The number of H-pyrrole nitrogens is 1. The van der Waals surface area contributed by atoms with Crippen LogP contribution in [0.15, 0.2) is 16.9 Å². The molecule has 4 rings (SSSR count). The fourth-order valence-corrected chi connectivity index (χ4v) is 4.67. The zero-order valence-electron chi connectivity index (χ0n) is 18.9. The van der Waals surface area contributed by atoms with Gasteiger partial charge in [0.25, 0.3) is 12.0 Å². The highest BCUT2D eigenvalue weighted by molar-refractivity contribution is 5.93. The molecule has 1 saturated heterocycles. The maximum Gasteiger partial charge on any atom is 0.339 e. The third-order valence-electron chi connectivity index (χ3n) is 6.20. The van der Waals surface area contributed by atoms with Gasteiger partial charge < -0.3 is 20.1 Å². The molecule has 0 aromatic carbocycles. The zero-order valence-corrected chi connectivity index (χ0v) is 18.9. The van der Waals surface area contributed by atoms with Crippen molar-refractivity contribution in [1.29, 1.82) is 0 Å². The quantitative estimate of drug-likeness (QED) is 0.604. The molecule has 32 heavy (non-hydrogen) atoms. The lowest BCUT2D eigenvalue weighted by atomic mass is 9.77. The Morgan fingerprint density at radius 2 is 1.94 bits per heavy atom. The number of carboxylic acids is 1. The molecule has 1 aliphatic carbocycles. The summed E-state index contributed by atoms with van der Waals surface area (Å²) < 4.78 is 0. The summed E-state index contributed by atoms with van der Waals surface area (Å²) in [7, 11) is 0. The first kappa shape index (κ1) is 23.4. The molecule has 1 spiro atoms. The summed E-state index contributed by atoms with van der Waals surface area (Å²) in [5, 5.41) is 16.5. The predicted octanol–water partition coefficient (Wildman–Crippen LogP) is 2.65. The molecule has 2 aromatic rings. The third-order valence-corrected chi connectivity index (χ3v) is 6.20. The first-order valence-corrected chi connectivity index (χ1v) is 10.7. The number of aromatic nitrogens is 3. The van der Waals surface area contributed by atoms with Crippen LogP contribution in [-0.4, -0.2) is 50.7 Å². The molecule has 9 nitrogen and oxygen atoms in total. The van der Waals surface area contributed by atoms with Gasteiger partial charge in [-0.2, -0.15) is 0 Å². The van der Waals surface area contributed by atoms with Crippen LogP contribution in [0.4, 0.5) is 5.82 Å². The first-order valence-electron chi connectivity index (χ1n) is 10.7. The second kappa shape index (κ2) is 8.72. The molecule has 0 bridgehead atoms. The molecule has 3 N–H and O–H groups in total. The molecule has 0 saturated carbocycles. The molecule has 0 amide bonds. The topological polar surface area (TPSA) is 136 Å². The minimum Gasteiger partial charge on any atom is -0.483 e. The van der Waals surface area contributed by atoms with Crippen molar-refractivity contribution in [1.82, 2.24) is 15.0 Å². The highest BCUT2D eigenvalue weighted by atomic mass is 16.4.